The monoisotopic (exact) mass is 197 g/mol. The van der Waals surface area contributed by atoms with E-state index < -0.39 is 0 Å². The quantitative estimate of drug-likeness (QED) is 0.648. The van der Waals surface area contributed by atoms with Crippen LogP contribution in [0.25, 0.3) is 0 Å². The van der Waals surface area contributed by atoms with Gasteiger partial charge in [-0.3, -0.25) is 0 Å². The molecule has 0 aliphatic heterocycles. The number of hydrogen-bond acceptors (Lipinski definition) is 2. The van der Waals surface area contributed by atoms with E-state index in [0.29, 0.717) is 0 Å². The Hall–Kier alpha value is -0.500. The standard InChI is InChI=1S/C11H19NS/c1-2-3-4-5-6-8-12-11-7-9-13-10-11/h7,9-10,12H,2-6,8H2,1H3. The molecule has 0 bridgehead atoms. The van der Waals surface area contributed by atoms with Crippen LogP contribution < -0.4 is 5.32 Å². The molecule has 1 aromatic rings. The van der Waals surface area contributed by atoms with Crippen molar-refractivity contribution in [2.24, 2.45) is 0 Å². The molecule has 0 unspecified atom stereocenters. The van der Waals surface area contributed by atoms with E-state index in [1.807, 2.05) is 0 Å². The summed E-state index contributed by atoms with van der Waals surface area (Å²) in [7, 11) is 0. The number of unbranched alkanes of at least 4 members (excludes halogenated alkanes) is 4. The molecule has 1 N–H and O–H groups in total. The topological polar surface area (TPSA) is 12.0 Å². The van der Waals surface area contributed by atoms with Crippen LogP contribution in [0.5, 0.6) is 0 Å². The molecule has 1 aromatic heterocycles. The second kappa shape index (κ2) is 6.96. The second-order valence-corrected chi connectivity index (χ2v) is 4.13. The van der Waals surface area contributed by atoms with Gasteiger partial charge < -0.3 is 5.32 Å². The summed E-state index contributed by atoms with van der Waals surface area (Å²) in [4.78, 5) is 0. The molecule has 1 rings (SSSR count). The maximum absolute atomic E-state index is 3.41. The third-order valence-corrected chi connectivity index (χ3v) is 2.81. The summed E-state index contributed by atoms with van der Waals surface area (Å²) in [6, 6.07) is 2.14. The zero-order valence-corrected chi connectivity index (χ0v) is 9.20. The van der Waals surface area contributed by atoms with E-state index in [1.165, 1.54) is 37.8 Å². The van der Waals surface area contributed by atoms with Crippen molar-refractivity contribution in [2.45, 2.75) is 39.0 Å². The van der Waals surface area contributed by atoms with Crippen LogP contribution in [-0.2, 0) is 0 Å². The SMILES string of the molecule is CCCCCCCNc1ccsc1. The summed E-state index contributed by atoms with van der Waals surface area (Å²) in [5.41, 5.74) is 1.28. The van der Waals surface area contributed by atoms with Crippen LogP contribution in [0, 0.1) is 0 Å². The summed E-state index contributed by atoms with van der Waals surface area (Å²) in [5, 5.41) is 7.68. The van der Waals surface area contributed by atoms with Crippen LogP contribution in [0.4, 0.5) is 5.69 Å². The molecule has 0 aliphatic rings. The molecule has 0 saturated carbocycles. The lowest BCUT2D eigenvalue weighted by Gasteiger charge is -2.02. The zero-order valence-electron chi connectivity index (χ0n) is 8.38. The summed E-state index contributed by atoms with van der Waals surface area (Å²) in [5.74, 6) is 0. The minimum Gasteiger partial charge on any atom is -0.384 e. The molecule has 1 nitrogen and oxygen atoms in total. The van der Waals surface area contributed by atoms with Gasteiger partial charge in [0.05, 0.1) is 0 Å². The maximum atomic E-state index is 3.41. The minimum atomic E-state index is 1.13. The van der Waals surface area contributed by atoms with Gasteiger partial charge in [0, 0.05) is 17.6 Å². The minimum absolute atomic E-state index is 1.13. The number of nitrogens with one attached hydrogen (secondary N) is 1. The normalized spacial score (nSPS) is 10.2. The van der Waals surface area contributed by atoms with Gasteiger partial charge >= 0.3 is 0 Å². The Balaban J connectivity index is 1.90. The lowest BCUT2D eigenvalue weighted by Crippen LogP contribution is -1.99. The van der Waals surface area contributed by atoms with Gasteiger partial charge in [0.1, 0.15) is 0 Å². The van der Waals surface area contributed by atoms with Crippen molar-refractivity contribution in [1.29, 1.82) is 0 Å². The van der Waals surface area contributed by atoms with Crippen LogP contribution in [-0.4, -0.2) is 6.54 Å². The van der Waals surface area contributed by atoms with E-state index in [2.05, 4.69) is 29.1 Å². The predicted octanol–water partition coefficient (Wildman–Crippen LogP) is 4.13. The Morgan fingerprint density at radius 1 is 1.23 bits per heavy atom. The smallest absolute Gasteiger partial charge is 0.0448 e. The van der Waals surface area contributed by atoms with E-state index in [9.17, 15) is 0 Å². The molecule has 0 fully saturated rings. The number of hydrogen-bond donors (Lipinski definition) is 1. The molecule has 0 spiro atoms. The van der Waals surface area contributed by atoms with Gasteiger partial charge in [-0.1, -0.05) is 32.6 Å². The maximum Gasteiger partial charge on any atom is 0.0448 e. The average Bonchev–Trinajstić information content (AvgIpc) is 2.63. The summed E-state index contributed by atoms with van der Waals surface area (Å²) in [6.45, 7) is 3.38. The Labute approximate surface area is 85.2 Å². The second-order valence-electron chi connectivity index (χ2n) is 3.35. The fourth-order valence-electron chi connectivity index (χ4n) is 1.33. The summed E-state index contributed by atoms with van der Waals surface area (Å²) >= 11 is 1.75. The fraction of sp³-hybridized carbons (Fsp3) is 0.636. The first-order chi connectivity index (χ1) is 6.43. The molecule has 0 amide bonds. The molecule has 0 aliphatic carbocycles. The van der Waals surface area contributed by atoms with Crippen LogP contribution in [0.2, 0.25) is 0 Å². The van der Waals surface area contributed by atoms with Gasteiger partial charge in [0.15, 0.2) is 0 Å². The third-order valence-electron chi connectivity index (χ3n) is 2.13. The first-order valence-electron chi connectivity index (χ1n) is 5.19. The lowest BCUT2D eigenvalue weighted by atomic mass is 10.1. The van der Waals surface area contributed by atoms with E-state index in [1.54, 1.807) is 11.3 Å². The van der Waals surface area contributed by atoms with E-state index >= 15 is 0 Å². The van der Waals surface area contributed by atoms with E-state index in [4.69, 9.17) is 0 Å². The Bertz CT molecular complexity index is 194. The highest BCUT2D eigenvalue weighted by atomic mass is 32.1. The van der Waals surface area contributed by atoms with Crippen LogP contribution in [0.3, 0.4) is 0 Å². The van der Waals surface area contributed by atoms with Crippen LogP contribution >= 0.6 is 11.3 Å². The Morgan fingerprint density at radius 3 is 2.77 bits per heavy atom. The zero-order chi connectivity index (χ0) is 9.36. The van der Waals surface area contributed by atoms with Crippen molar-refractivity contribution in [1.82, 2.24) is 0 Å². The molecule has 0 atom stereocenters. The molecule has 74 valence electrons. The van der Waals surface area contributed by atoms with E-state index in [-0.39, 0.29) is 0 Å². The number of anilines is 1. The Morgan fingerprint density at radius 2 is 2.08 bits per heavy atom. The highest BCUT2D eigenvalue weighted by Gasteiger charge is 1.91. The number of thiophene rings is 1. The summed E-state index contributed by atoms with van der Waals surface area (Å²) < 4.78 is 0. The van der Waals surface area contributed by atoms with Crippen molar-refractivity contribution in [3.05, 3.63) is 16.8 Å². The third kappa shape index (κ3) is 4.94. The van der Waals surface area contributed by atoms with Crippen LogP contribution in [0.15, 0.2) is 16.8 Å². The average molecular weight is 197 g/mol. The van der Waals surface area contributed by atoms with E-state index in [0.717, 1.165) is 6.54 Å². The highest BCUT2D eigenvalue weighted by Crippen LogP contribution is 2.12. The molecule has 13 heavy (non-hydrogen) atoms. The predicted molar refractivity (Wildman–Crippen MR) is 61.6 cm³/mol. The molecular formula is C11H19NS. The van der Waals surface area contributed by atoms with Gasteiger partial charge in [0.2, 0.25) is 0 Å². The summed E-state index contributed by atoms with van der Waals surface area (Å²) in [6.07, 6.45) is 6.78. The van der Waals surface area contributed by atoms with Gasteiger partial charge in [0.25, 0.3) is 0 Å². The molecular weight excluding hydrogens is 178 g/mol. The van der Waals surface area contributed by atoms with Crippen molar-refractivity contribution in [3.8, 4) is 0 Å². The molecule has 2 heteroatoms. The lowest BCUT2D eigenvalue weighted by molar-refractivity contribution is 0.645. The van der Waals surface area contributed by atoms with Crippen LogP contribution in [0.1, 0.15) is 39.0 Å². The van der Waals surface area contributed by atoms with Crippen molar-refractivity contribution < 1.29 is 0 Å². The molecule has 0 saturated heterocycles. The van der Waals surface area contributed by atoms with Gasteiger partial charge in [-0.2, -0.15) is 11.3 Å². The first-order valence-corrected chi connectivity index (χ1v) is 6.14. The molecule has 0 radical (unpaired) electrons. The molecule has 0 aromatic carbocycles. The van der Waals surface area contributed by atoms with Gasteiger partial charge in [-0.15, -0.1) is 0 Å². The number of rotatable bonds is 7. The molecule has 1 heterocycles. The van der Waals surface area contributed by atoms with Crippen molar-refractivity contribution >= 4 is 17.0 Å². The first kappa shape index (κ1) is 10.6. The largest absolute Gasteiger partial charge is 0.384 e. The van der Waals surface area contributed by atoms with Gasteiger partial charge in [-0.25, -0.2) is 0 Å². The van der Waals surface area contributed by atoms with Crippen molar-refractivity contribution in [2.75, 3.05) is 11.9 Å². The highest BCUT2D eigenvalue weighted by molar-refractivity contribution is 7.08. The Kier molecular flexibility index (Phi) is 5.66. The van der Waals surface area contributed by atoms with Crippen molar-refractivity contribution in [3.63, 3.8) is 0 Å². The van der Waals surface area contributed by atoms with Gasteiger partial charge in [-0.05, 0) is 17.9 Å². The fourth-order valence-corrected chi connectivity index (χ4v) is 1.94.